The van der Waals surface area contributed by atoms with Gasteiger partial charge >= 0.3 is 6.01 Å². The van der Waals surface area contributed by atoms with Crippen molar-refractivity contribution in [1.29, 1.82) is 0 Å². The van der Waals surface area contributed by atoms with Crippen LogP contribution in [0.2, 0.25) is 5.02 Å². The fraction of sp³-hybridized carbons (Fsp3) is 0.0800. The standard InChI is InChI=1S/C25H19BrClN5O2/c1-14-21(23(33)29-16-12-10-15(26)11-13-16)22(17-6-2-3-7-18(17)27)31-24(28-14)32-25-30-19-8-4-5-9-20(19)34-25/h2-13,22H,1H3,(H,29,33)(H2,28,30,31,32). The number of amides is 1. The lowest BCUT2D eigenvalue weighted by atomic mass is 9.95. The fourth-order valence-corrected chi connectivity index (χ4v) is 4.22. The molecule has 1 atom stereocenters. The summed E-state index contributed by atoms with van der Waals surface area (Å²) in [6.07, 6.45) is 0. The number of allylic oxidation sites excluding steroid dienone is 1. The molecule has 0 radical (unpaired) electrons. The highest BCUT2D eigenvalue weighted by Gasteiger charge is 2.31. The van der Waals surface area contributed by atoms with Crippen molar-refractivity contribution in [1.82, 2.24) is 10.3 Å². The van der Waals surface area contributed by atoms with Gasteiger partial charge in [-0.05, 0) is 49.4 Å². The van der Waals surface area contributed by atoms with Crippen molar-refractivity contribution < 1.29 is 9.21 Å². The lowest BCUT2D eigenvalue weighted by molar-refractivity contribution is -0.113. The molecular weight excluding hydrogens is 518 g/mol. The Kier molecular flexibility index (Phi) is 6.08. The van der Waals surface area contributed by atoms with Crippen molar-refractivity contribution in [3.63, 3.8) is 0 Å². The van der Waals surface area contributed by atoms with E-state index in [0.717, 1.165) is 9.99 Å². The Morgan fingerprint density at radius 2 is 1.79 bits per heavy atom. The molecule has 1 amide bonds. The van der Waals surface area contributed by atoms with Crippen molar-refractivity contribution in [2.45, 2.75) is 13.0 Å². The Balaban J connectivity index is 1.49. The van der Waals surface area contributed by atoms with Crippen LogP contribution < -0.4 is 16.0 Å². The molecule has 2 heterocycles. The average Bonchev–Trinajstić information content (AvgIpc) is 3.22. The summed E-state index contributed by atoms with van der Waals surface area (Å²) in [6.45, 7) is 1.82. The SMILES string of the molecule is CC1=C(C(=O)Nc2ccc(Br)cc2)C(c2ccccc2Cl)N=C(Nc2nc3ccccc3o2)N1. The van der Waals surface area contributed by atoms with Gasteiger partial charge in [0.2, 0.25) is 5.96 Å². The first-order valence-corrected chi connectivity index (χ1v) is 11.6. The summed E-state index contributed by atoms with van der Waals surface area (Å²) in [5.41, 5.74) is 3.86. The molecule has 7 nitrogen and oxygen atoms in total. The van der Waals surface area contributed by atoms with Crippen LogP contribution in [-0.2, 0) is 4.79 Å². The van der Waals surface area contributed by atoms with Crippen LogP contribution in [0.25, 0.3) is 11.1 Å². The molecule has 1 aliphatic heterocycles. The lowest BCUT2D eigenvalue weighted by Crippen LogP contribution is -2.37. The molecule has 0 saturated heterocycles. The van der Waals surface area contributed by atoms with Crippen LogP contribution in [0.1, 0.15) is 18.5 Å². The molecule has 1 aliphatic rings. The summed E-state index contributed by atoms with van der Waals surface area (Å²) < 4.78 is 6.69. The van der Waals surface area contributed by atoms with E-state index in [4.69, 9.17) is 21.0 Å². The minimum Gasteiger partial charge on any atom is -0.423 e. The number of para-hydroxylation sites is 2. The van der Waals surface area contributed by atoms with E-state index in [1.54, 1.807) is 6.07 Å². The number of anilines is 2. The van der Waals surface area contributed by atoms with Gasteiger partial charge in [-0.25, -0.2) is 4.99 Å². The van der Waals surface area contributed by atoms with Crippen LogP contribution in [0, 0.1) is 0 Å². The monoisotopic (exact) mass is 535 g/mol. The minimum absolute atomic E-state index is 0.276. The van der Waals surface area contributed by atoms with E-state index in [-0.39, 0.29) is 5.91 Å². The zero-order chi connectivity index (χ0) is 23.7. The number of hydrogen-bond donors (Lipinski definition) is 3. The molecule has 1 unspecified atom stereocenters. The van der Waals surface area contributed by atoms with Gasteiger partial charge in [0.05, 0.1) is 5.57 Å². The number of carbonyl (C=O) groups excluding carboxylic acids is 1. The highest BCUT2D eigenvalue weighted by atomic mass is 79.9. The Morgan fingerprint density at radius 1 is 1.06 bits per heavy atom. The predicted molar refractivity (Wildman–Crippen MR) is 138 cm³/mol. The number of hydrogen-bond acceptors (Lipinski definition) is 6. The number of fused-ring (bicyclic) bond motifs is 1. The second-order valence-corrected chi connectivity index (χ2v) is 8.96. The number of carbonyl (C=O) groups is 1. The summed E-state index contributed by atoms with van der Waals surface area (Å²) in [7, 11) is 0. The molecule has 0 spiro atoms. The largest absolute Gasteiger partial charge is 0.423 e. The van der Waals surface area contributed by atoms with E-state index < -0.39 is 6.04 Å². The van der Waals surface area contributed by atoms with Gasteiger partial charge in [-0.3, -0.25) is 10.1 Å². The van der Waals surface area contributed by atoms with Gasteiger partial charge in [0.25, 0.3) is 5.91 Å². The van der Waals surface area contributed by atoms with Gasteiger partial charge in [-0.15, -0.1) is 0 Å². The van der Waals surface area contributed by atoms with Gasteiger partial charge in [-0.1, -0.05) is 57.9 Å². The third-order valence-electron chi connectivity index (χ3n) is 5.31. The van der Waals surface area contributed by atoms with Crippen LogP contribution in [0.3, 0.4) is 0 Å². The highest BCUT2D eigenvalue weighted by molar-refractivity contribution is 9.10. The lowest BCUT2D eigenvalue weighted by Gasteiger charge is -2.27. The number of halogens is 2. The molecule has 0 bridgehead atoms. The Bertz CT molecular complexity index is 1410. The maximum absolute atomic E-state index is 13.4. The summed E-state index contributed by atoms with van der Waals surface area (Å²) >= 11 is 9.92. The van der Waals surface area contributed by atoms with Crippen LogP contribution in [0.15, 0.2) is 97.9 Å². The molecule has 0 aliphatic carbocycles. The Hall–Kier alpha value is -3.62. The molecule has 3 aromatic carbocycles. The van der Waals surface area contributed by atoms with Crippen molar-refractivity contribution in [2.75, 3.05) is 10.6 Å². The third kappa shape index (κ3) is 4.55. The maximum Gasteiger partial charge on any atom is 0.302 e. The van der Waals surface area contributed by atoms with Crippen molar-refractivity contribution in [3.8, 4) is 0 Å². The molecule has 3 N–H and O–H groups in total. The van der Waals surface area contributed by atoms with E-state index in [9.17, 15) is 4.79 Å². The number of nitrogens with one attached hydrogen (secondary N) is 3. The quantitative estimate of drug-likeness (QED) is 0.286. The van der Waals surface area contributed by atoms with Gasteiger partial charge in [0.1, 0.15) is 11.6 Å². The first kappa shape index (κ1) is 22.2. The maximum atomic E-state index is 13.4. The van der Waals surface area contributed by atoms with E-state index >= 15 is 0 Å². The number of aliphatic imine (C=N–C) groups is 1. The van der Waals surface area contributed by atoms with Crippen LogP contribution >= 0.6 is 27.5 Å². The van der Waals surface area contributed by atoms with Crippen molar-refractivity contribution in [2.24, 2.45) is 4.99 Å². The summed E-state index contributed by atoms with van der Waals surface area (Å²) in [5, 5.41) is 9.71. The molecular formula is C25H19BrClN5O2. The molecule has 170 valence electrons. The molecule has 4 aromatic rings. The van der Waals surface area contributed by atoms with Crippen LogP contribution in [0.4, 0.5) is 11.7 Å². The second-order valence-electron chi connectivity index (χ2n) is 7.64. The molecule has 9 heteroatoms. The number of benzene rings is 3. The number of nitrogens with zero attached hydrogens (tertiary/aromatic N) is 2. The molecule has 0 fully saturated rings. The molecule has 5 rings (SSSR count). The number of rotatable bonds is 4. The fourth-order valence-electron chi connectivity index (χ4n) is 3.71. The summed E-state index contributed by atoms with van der Waals surface area (Å²) in [4.78, 5) is 22.6. The summed E-state index contributed by atoms with van der Waals surface area (Å²) in [5.74, 6) is 0.121. The van der Waals surface area contributed by atoms with Gasteiger partial charge in [0.15, 0.2) is 5.58 Å². The average molecular weight is 537 g/mol. The van der Waals surface area contributed by atoms with Gasteiger partial charge in [-0.2, -0.15) is 4.98 Å². The first-order chi connectivity index (χ1) is 16.5. The van der Waals surface area contributed by atoms with E-state index in [0.29, 0.717) is 45.1 Å². The van der Waals surface area contributed by atoms with Crippen molar-refractivity contribution >= 4 is 62.2 Å². The zero-order valence-corrected chi connectivity index (χ0v) is 20.3. The normalized spacial score (nSPS) is 15.6. The number of guanidine groups is 1. The predicted octanol–water partition coefficient (Wildman–Crippen LogP) is 6.27. The van der Waals surface area contributed by atoms with E-state index in [1.807, 2.05) is 73.7 Å². The smallest absolute Gasteiger partial charge is 0.302 e. The van der Waals surface area contributed by atoms with E-state index in [1.165, 1.54) is 0 Å². The number of aromatic nitrogens is 1. The second kappa shape index (κ2) is 9.32. The Labute approximate surface area is 209 Å². The number of oxazole rings is 1. The van der Waals surface area contributed by atoms with Crippen LogP contribution in [-0.4, -0.2) is 16.9 Å². The minimum atomic E-state index is -0.641. The molecule has 34 heavy (non-hydrogen) atoms. The third-order valence-corrected chi connectivity index (χ3v) is 6.18. The van der Waals surface area contributed by atoms with E-state index in [2.05, 4.69) is 36.9 Å². The van der Waals surface area contributed by atoms with Gasteiger partial charge < -0.3 is 15.1 Å². The molecule has 0 saturated carbocycles. The topological polar surface area (TPSA) is 91.5 Å². The highest BCUT2D eigenvalue weighted by Crippen LogP contribution is 2.35. The summed E-state index contributed by atoms with van der Waals surface area (Å²) in [6, 6.07) is 21.8. The zero-order valence-electron chi connectivity index (χ0n) is 18.0. The van der Waals surface area contributed by atoms with Crippen LogP contribution in [0.5, 0.6) is 0 Å². The van der Waals surface area contributed by atoms with Crippen molar-refractivity contribution in [3.05, 3.63) is 99.1 Å². The Morgan fingerprint density at radius 3 is 2.56 bits per heavy atom. The first-order valence-electron chi connectivity index (χ1n) is 10.5. The van der Waals surface area contributed by atoms with Gasteiger partial charge in [0, 0.05) is 26.4 Å². The molecule has 1 aromatic heterocycles.